The Morgan fingerprint density at radius 1 is 0.828 bits per heavy atom. The summed E-state index contributed by atoms with van der Waals surface area (Å²) < 4.78 is 38.1. The molecule has 0 spiro atoms. The first kappa shape index (κ1) is 23.4. The molecular weight excluding hydrogens is 384 g/mol. The molecule has 0 heterocycles. The SMILES string of the molecule is CC(C)CC(C)CC(C)CC(C)c1ccc(Oc2ccccc2S(=O)(=O)O)cc1. The van der Waals surface area contributed by atoms with Crippen molar-refractivity contribution in [2.24, 2.45) is 17.8 Å². The molecule has 0 aromatic heterocycles. The standard InChI is InChI=1S/C24H34O4S/c1-17(2)14-18(3)15-19(4)16-20(5)21-10-12-22(13-11-21)28-23-8-6-7-9-24(23)29(25,26)27/h6-13,17-20H,14-16H2,1-5H3,(H,25,26,27). The van der Waals surface area contributed by atoms with Crippen molar-refractivity contribution < 1.29 is 17.7 Å². The maximum absolute atomic E-state index is 11.5. The minimum Gasteiger partial charge on any atom is -0.456 e. The van der Waals surface area contributed by atoms with Gasteiger partial charge >= 0.3 is 0 Å². The molecule has 0 aliphatic rings. The number of para-hydroxylation sites is 1. The summed E-state index contributed by atoms with van der Waals surface area (Å²) in [6.45, 7) is 11.5. The highest BCUT2D eigenvalue weighted by atomic mass is 32.2. The first-order valence-corrected chi connectivity index (χ1v) is 11.8. The van der Waals surface area contributed by atoms with Crippen LogP contribution >= 0.6 is 0 Å². The van der Waals surface area contributed by atoms with Gasteiger partial charge in [0, 0.05) is 0 Å². The van der Waals surface area contributed by atoms with E-state index in [-0.39, 0.29) is 10.6 Å². The first-order chi connectivity index (χ1) is 13.6. The van der Waals surface area contributed by atoms with Gasteiger partial charge in [-0.15, -0.1) is 0 Å². The van der Waals surface area contributed by atoms with Gasteiger partial charge in [-0.2, -0.15) is 8.42 Å². The zero-order valence-electron chi connectivity index (χ0n) is 18.1. The highest BCUT2D eigenvalue weighted by Crippen LogP contribution is 2.32. The Morgan fingerprint density at radius 2 is 1.41 bits per heavy atom. The lowest BCUT2D eigenvalue weighted by molar-refractivity contribution is 0.333. The molecule has 1 N–H and O–H groups in total. The van der Waals surface area contributed by atoms with Gasteiger partial charge in [-0.05, 0) is 72.8 Å². The van der Waals surface area contributed by atoms with Gasteiger partial charge in [0.05, 0.1) is 0 Å². The Balaban J connectivity index is 2.00. The van der Waals surface area contributed by atoms with Crippen molar-refractivity contribution in [1.82, 2.24) is 0 Å². The normalized spacial score (nSPS) is 15.1. The maximum atomic E-state index is 11.5. The monoisotopic (exact) mass is 418 g/mol. The molecule has 0 saturated heterocycles. The Labute approximate surface area is 176 Å². The van der Waals surface area contributed by atoms with Crippen molar-refractivity contribution in [2.75, 3.05) is 0 Å². The number of benzene rings is 2. The molecule has 160 valence electrons. The summed E-state index contributed by atoms with van der Waals surface area (Å²) in [7, 11) is -4.33. The number of ether oxygens (including phenoxy) is 1. The highest BCUT2D eigenvalue weighted by molar-refractivity contribution is 7.86. The van der Waals surface area contributed by atoms with Gasteiger partial charge in [0.1, 0.15) is 16.4 Å². The van der Waals surface area contributed by atoms with E-state index in [9.17, 15) is 13.0 Å². The minimum atomic E-state index is -4.33. The van der Waals surface area contributed by atoms with Crippen LogP contribution in [0.5, 0.6) is 11.5 Å². The van der Waals surface area contributed by atoms with Crippen LogP contribution in [0, 0.1) is 17.8 Å². The fraction of sp³-hybridized carbons (Fsp3) is 0.500. The number of hydrogen-bond donors (Lipinski definition) is 1. The van der Waals surface area contributed by atoms with Crippen LogP contribution in [0.2, 0.25) is 0 Å². The molecular formula is C24H34O4S. The topological polar surface area (TPSA) is 63.6 Å². The quantitative estimate of drug-likeness (QED) is 0.425. The second-order valence-electron chi connectivity index (χ2n) is 8.81. The van der Waals surface area contributed by atoms with Crippen molar-refractivity contribution in [1.29, 1.82) is 0 Å². The fourth-order valence-corrected chi connectivity index (χ4v) is 4.78. The average Bonchev–Trinajstić information content (AvgIpc) is 2.60. The van der Waals surface area contributed by atoms with Crippen molar-refractivity contribution in [3.05, 3.63) is 54.1 Å². The predicted octanol–water partition coefficient (Wildman–Crippen LogP) is 6.93. The third-order valence-corrected chi connectivity index (χ3v) is 6.13. The maximum Gasteiger partial charge on any atom is 0.298 e. The van der Waals surface area contributed by atoms with Crippen LogP contribution in [-0.2, 0) is 10.1 Å². The second-order valence-corrected chi connectivity index (χ2v) is 10.2. The van der Waals surface area contributed by atoms with Crippen LogP contribution in [-0.4, -0.2) is 13.0 Å². The first-order valence-electron chi connectivity index (χ1n) is 10.4. The molecule has 3 unspecified atom stereocenters. The third kappa shape index (κ3) is 7.48. The van der Waals surface area contributed by atoms with E-state index in [1.807, 2.05) is 24.3 Å². The molecule has 2 aromatic carbocycles. The van der Waals surface area contributed by atoms with Gasteiger partial charge in [-0.3, -0.25) is 4.55 Å². The molecule has 0 saturated carbocycles. The van der Waals surface area contributed by atoms with Crippen LogP contribution in [0.4, 0.5) is 0 Å². The lowest BCUT2D eigenvalue weighted by atomic mass is 9.84. The summed E-state index contributed by atoms with van der Waals surface area (Å²) >= 11 is 0. The predicted molar refractivity (Wildman–Crippen MR) is 118 cm³/mol. The van der Waals surface area contributed by atoms with E-state index in [0.29, 0.717) is 17.6 Å². The molecule has 29 heavy (non-hydrogen) atoms. The Kier molecular flexibility index (Phi) is 8.29. The molecule has 0 fully saturated rings. The zero-order chi connectivity index (χ0) is 21.6. The molecule has 3 atom stereocenters. The third-order valence-electron chi connectivity index (χ3n) is 5.24. The van der Waals surface area contributed by atoms with Gasteiger partial charge in [0.15, 0.2) is 0 Å². The van der Waals surface area contributed by atoms with Gasteiger partial charge in [0.2, 0.25) is 0 Å². The van der Waals surface area contributed by atoms with E-state index in [0.717, 1.165) is 18.3 Å². The molecule has 5 heteroatoms. The summed E-state index contributed by atoms with van der Waals surface area (Å²) in [6, 6.07) is 13.8. The van der Waals surface area contributed by atoms with E-state index in [1.165, 1.54) is 30.5 Å². The summed E-state index contributed by atoms with van der Waals surface area (Å²) in [6.07, 6.45) is 3.65. The van der Waals surface area contributed by atoms with Gasteiger partial charge in [-0.25, -0.2) is 0 Å². The minimum absolute atomic E-state index is 0.114. The van der Waals surface area contributed by atoms with E-state index in [4.69, 9.17) is 4.74 Å². The average molecular weight is 419 g/mol. The van der Waals surface area contributed by atoms with Crippen LogP contribution < -0.4 is 4.74 Å². The largest absolute Gasteiger partial charge is 0.456 e. The van der Waals surface area contributed by atoms with Gasteiger partial charge in [-0.1, -0.05) is 58.9 Å². The second kappa shape index (κ2) is 10.3. The lowest BCUT2D eigenvalue weighted by Crippen LogP contribution is -2.09. The number of hydrogen-bond acceptors (Lipinski definition) is 3. The highest BCUT2D eigenvalue weighted by Gasteiger charge is 2.17. The summed E-state index contributed by atoms with van der Waals surface area (Å²) in [5, 5.41) is 0. The Morgan fingerprint density at radius 3 is 2.00 bits per heavy atom. The molecule has 0 radical (unpaired) electrons. The molecule has 2 rings (SSSR count). The molecule has 0 bridgehead atoms. The van der Waals surface area contributed by atoms with Crippen molar-refractivity contribution in [3.63, 3.8) is 0 Å². The smallest absolute Gasteiger partial charge is 0.298 e. The molecule has 0 aliphatic carbocycles. The van der Waals surface area contributed by atoms with Crippen LogP contribution in [0.3, 0.4) is 0 Å². The van der Waals surface area contributed by atoms with Crippen molar-refractivity contribution in [2.45, 2.75) is 64.7 Å². The molecule has 2 aromatic rings. The van der Waals surface area contributed by atoms with Crippen molar-refractivity contribution in [3.8, 4) is 11.5 Å². The van der Waals surface area contributed by atoms with Crippen molar-refractivity contribution >= 4 is 10.1 Å². The molecule has 0 amide bonds. The Bertz CT molecular complexity index is 872. The molecule has 4 nitrogen and oxygen atoms in total. The van der Waals surface area contributed by atoms with Gasteiger partial charge in [0.25, 0.3) is 10.1 Å². The van der Waals surface area contributed by atoms with E-state index < -0.39 is 10.1 Å². The summed E-state index contributed by atoms with van der Waals surface area (Å²) in [4.78, 5) is -0.234. The van der Waals surface area contributed by atoms with Crippen LogP contribution in [0.15, 0.2) is 53.4 Å². The fourth-order valence-electron chi connectivity index (χ4n) is 4.16. The zero-order valence-corrected chi connectivity index (χ0v) is 18.9. The van der Waals surface area contributed by atoms with Crippen LogP contribution in [0.1, 0.15) is 65.4 Å². The Hall–Kier alpha value is -1.85. The van der Waals surface area contributed by atoms with E-state index >= 15 is 0 Å². The van der Waals surface area contributed by atoms with E-state index in [1.54, 1.807) is 12.1 Å². The van der Waals surface area contributed by atoms with E-state index in [2.05, 4.69) is 34.6 Å². The summed E-state index contributed by atoms with van der Waals surface area (Å²) in [5.74, 6) is 3.25. The van der Waals surface area contributed by atoms with Crippen LogP contribution in [0.25, 0.3) is 0 Å². The lowest BCUT2D eigenvalue weighted by Gasteiger charge is -2.22. The summed E-state index contributed by atoms with van der Waals surface area (Å²) in [5.41, 5.74) is 1.24. The molecule has 0 aliphatic heterocycles. The number of rotatable bonds is 10. The van der Waals surface area contributed by atoms with Gasteiger partial charge < -0.3 is 4.74 Å².